The lowest BCUT2D eigenvalue weighted by atomic mass is 9.72. The molecule has 0 aromatic heterocycles. The van der Waals surface area contributed by atoms with E-state index >= 15 is 0 Å². The number of carbonyl (C=O) groups is 6. The second-order valence-electron chi connectivity index (χ2n) is 8.99. The number of benzene rings is 3. The lowest BCUT2D eigenvalue weighted by molar-refractivity contribution is 0.0898. The molecule has 0 aliphatic heterocycles. The summed E-state index contributed by atoms with van der Waals surface area (Å²) in [5.74, 6) is -6.56. The molecule has 8 heteroatoms. The Labute approximate surface area is 220 Å². The number of allylic oxidation sites excluding steroid dienone is 6. The zero-order valence-electron chi connectivity index (χ0n) is 20.2. The maximum absolute atomic E-state index is 14.0. The minimum Gasteiger partial charge on any atom is -0.504 e. The van der Waals surface area contributed by atoms with Crippen LogP contribution >= 0.6 is 0 Å². The fourth-order valence-electron chi connectivity index (χ4n) is 5.22. The van der Waals surface area contributed by atoms with Gasteiger partial charge in [-0.15, -0.1) is 0 Å². The Balaban J connectivity index is 1.74. The third-order valence-corrected chi connectivity index (χ3v) is 7.00. The predicted octanol–water partition coefficient (Wildman–Crippen LogP) is 4.23. The highest BCUT2D eigenvalue weighted by Crippen LogP contribution is 2.42. The van der Waals surface area contributed by atoms with Gasteiger partial charge in [-0.3, -0.25) is 28.8 Å². The summed E-state index contributed by atoms with van der Waals surface area (Å²) in [5.41, 5.74) is -2.78. The Morgan fingerprint density at radius 1 is 0.436 bits per heavy atom. The van der Waals surface area contributed by atoms with Crippen LogP contribution in [-0.4, -0.2) is 46.9 Å². The van der Waals surface area contributed by atoms with Crippen LogP contribution in [0.5, 0.6) is 0 Å². The maximum Gasteiger partial charge on any atom is 0.229 e. The highest BCUT2D eigenvalue weighted by atomic mass is 16.5. The molecule has 0 heterocycles. The minimum absolute atomic E-state index is 0.0288. The summed E-state index contributed by atoms with van der Waals surface area (Å²) >= 11 is 0. The van der Waals surface area contributed by atoms with Crippen LogP contribution in [0, 0.1) is 0 Å². The van der Waals surface area contributed by atoms with Crippen molar-refractivity contribution in [2.45, 2.75) is 0 Å². The molecule has 3 aromatic rings. The number of aliphatic hydroxyl groups excluding tert-OH is 1. The summed E-state index contributed by atoms with van der Waals surface area (Å²) in [6.07, 6.45) is 0. The van der Waals surface area contributed by atoms with Crippen LogP contribution in [-0.2, 0) is 4.74 Å². The third kappa shape index (κ3) is 3.18. The van der Waals surface area contributed by atoms with Gasteiger partial charge in [-0.2, -0.15) is 0 Å². The lowest BCUT2D eigenvalue weighted by Crippen LogP contribution is -2.34. The van der Waals surface area contributed by atoms with Crippen LogP contribution < -0.4 is 0 Å². The maximum atomic E-state index is 14.0. The standard InChI is InChI=1S/C31H16O8/c1-39-31-23(27(35)17-11-5-7-13-19(17)29(31)37)21-20(24(32)14-8-2-3-9-15(14)25(21)33)22-26(34)16-10-4-6-12-18(16)28(36)30(22)38/h2-13,38H,1H3. The second-order valence-corrected chi connectivity index (χ2v) is 8.99. The molecule has 0 bridgehead atoms. The minimum atomic E-state index is -1.04. The molecule has 188 valence electrons. The van der Waals surface area contributed by atoms with Crippen LogP contribution in [0.1, 0.15) is 62.1 Å². The molecule has 3 aromatic carbocycles. The van der Waals surface area contributed by atoms with Crippen molar-refractivity contribution < 1.29 is 38.6 Å². The van der Waals surface area contributed by atoms with Crippen molar-refractivity contribution in [2.24, 2.45) is 0 Å². The van der Waals surface area contributed by atoms with E-state index in [-0.39, 0.29) is 33.4 Å². The number of Topliss-reactive ketones (excluding diaryl/α,β-unsaturated/α-hetero) is 6. The molecule has 8 nitrogen and oxygen atoms in total. The van der Waals surface area contributed by atoms with Crippen LogP contribution in [0.4, 0.5) is 0 Å². The van der Waals surface area contributed by atoms with Crippen molar-refractivity contribution in [2.75, 3.05) is 7.11 Å². The van der Waals surface area contributed by atoms with Gasteiger partial charge in [0.15, 0.2) is 34.7 Å². The van der Waals surface area contributed by atoms with Crippen LogP contribution in [0.2, 0.25) is 0 Å². The van der Waals surface area contributed by atoms with Crippen molar-refractivity contribution in [1.29, 1.82) is 0 Å². The SMILES string of the molecule is COC1=C(C2=C(C3=C(O)C(=O)c4ccccc4C3=O)C(=O)c3ccccc3C2=O)C(=O)c2ccccc2C1=O. The van der Waals surface area contributed by atoms with Gasteiger partial charge in [-0.1, -0.05) is 72.8 Å². The van der Waals surface area contributed by atoms with Crippen LogP contribution in [0.15, 0.2) is 107 Å². The van der Waals surface area contributed by atoms with Gasteiger partial charge in [0.25, 0.3) is 0 Å². The molecular weight excluding hydrogens is 500 g/mol. The molecule has 0 saturated carbocycles. The molecule has 0 atom stereocenters. The molecular formula is C31H16O8. The number of ketones is 6. The number of hydrogen-bond acceptors (Lipinski definition) is 8. The van der Waals surface area contributed by atoms with E-state index in [1.807, 2.05) is 0 Å². The molecule has 3 aliphatic rings. The average molecular weight is 516 g/mol. The van der Waals surface area contributed by atoms with Gasteiger partial charge in [0.1, 0.15) is 0 Å². The first-order valence-corrected chi connectivity index (χ1v) is 11.8. The van der Waals surface area contributed by atoms with Crippen LogP contribution in [0.3, 0.4) is 0 Å². The molecule has 1 N–H and O–H groups in total. The number of fused-ring (bicyclic) bond motifs is 3. The molecule has 0 unspecified atom stereocenters. The van der Waals surface area contributed by atoms with Crippen molar-refractivity contribution >= 4 is 34.7 Å². The quantitative estimate of drug-likeness (QED) is 0.547. The molecule has 6 rings (SSSR count). The van der Waals surface area contributed by atoms with Gasteiger partial charge in [0.2, 0.25) is 11.6 Å². The van der Waals surface area contributed by atoms with Gasteiger partial charge in [-0.25, -0.2) is 0 Å². The monoisotopic (exact) mass is 516 g/mol. The van der Waals surface area contributed by atoms with Crippen molar-refractivity contribution in [3.63, 3.8) is 0 Å². The number of methoxy groups -OCH3 is 1. The van der Waals surface area contributed by atoms with Gasteiger partial charge in [0, 0.05) is 44.5 Å². The molecule has 0 fully saturated rings. The van der Waals surface area contributed by atoms with Gasteiger partial charge in [0.05, 0.1) is 18.3 Å². The number of aliphatic hydroxyl groups is 1. The second kappa shape index (κ2) is 8.53. The topological polar surface area (TPSA) is 132 Å². The zero-order chi connectivity index (χ0) is 27.6. The average Bonchev–Trinajstić information content (AvgIpc) is 2.96. The predicted molar refractivity (Wildman–Crippen MR) is 136 cm³/mol. The molecule has 39 heavy (non-hydrogen) atoms. The van der Waals surface area contributed by atoms with Crippen LogP contribution in [0.25, 0.3) is 0 Å². The van der Waals surface area contributed by atoms with E-state index in [1.165, 1.54) is 66.7 Å². The first-order valence-electron chi connectivity index (χ1n) is 11.8. The lowest BCUT2D eigenvalue weighted by Gasteiger charge is -2.28. The first kappa shape index (κ1) is 23.9. The fourth-order valence-corrected chi connectivity index (χ4v) is 5.22. The summed E-state index contributed by atoms with van der Waals surface area (Å²) in [6, 6.07) is 17.4. The Hall–Kier alpha value is -5.50. The van der Waals surface area contributed by atoms with Gasteiger partial charge in [-0.05, 0) is 0 Å². The summed E-state index contributed by atoms with van der Waals surface area (Å²) < 4.78 is 5.32. The largest absolute Gasteiger partial charge is 0.504 e. The van der Waals surface area contributed by atoms with E-state index in [0.717, 1.165) is 7.11 Å². The summed E-state index contributed by atoms with van der Waals surface area (Å²) in [5, 5.41) is 11.0. The summed E-state index contributed by atoms with van der Waals surface area (Å²) in [7, 11) is 1.14. The summed E-state index contributed by atoms with van der Waals surface area (Å²) in [6.45, 7) is 0. The smallest absolute Gasteiger partial charge is 0.229 e. The highest BCUT2D eigenvalue weighted by Gasteiger charge is 2.46. The van der Waals surface area contributed by atoms with E-state index in [1.54, 1.807) is 6.07 Å². The Morgan fingerprint density at radius 2 is 0.744 bits per heavy atom. The third-order valence-electron chi connectivity index (χ3n) is 7.00. The molecule has 3 aliphatic carbocycles. The van der Waals surface area contributed by atoms with E-state index < -0.39 is 68.5 Å². The van der Waals surface area contributed by atoms with Crippen molar-refractivity contribution in [1.82, 2.24) is 0 Å². The molecule has 0 spiro atoms. The first-order chi connectivity index (χ1) is 18.8. The van der Waals surface area contributed by atoms with Gasteiger partial charge < -0.3 is 9.84 Å². The van der Waals surface area contributed by atoms with Crippen molar-refractivity contribution in [3.8, 4) is 0 Å². The molecule has 0 amide bonds. The van der Waals surface area contributed by atoms with E-state index in [2.05, 4.69) is 0 Å². The Bertz CT molecular complexity index is 1850. The van der Waals surface area contributed by atoms with E-state index in [0.29, 0.717) is 0 Å². The Kier molecular flexibility index (Phi) is 5.22. The Morgan fingerprint density at radius 3 is 1.15 bits per heavy atom. The van der Waals surface area contributed by atoms with E-state index in [9.17, 15) is 33.9 Å². The number of carbonyl (C=O) groups excluding carboxylic acids is 6. The van der Waals surface area contributed by atoms with Gasteiger partial charge >= 0.3 is 0 Å². The number of rotatable bonds is 3. The summed E-state index contributed by atoms with van der Waals surface area (Å²) in [4.78, 5) is 82.0. The highest BCUT2D eigenvalue weighted by molar-refractivity contribution is 6.41. The van der Waals surface area contributed by atoms with E-state index in [4.69, 9.17) is 4.74 Å². The molecule has 0 saturated heterocycles. The fraction of sp³-hybridized carbons (Fsp3) is 0.0323. The number of ether oxygens (including phenoxy) is 1. The normalized spacial score (nSPS) is 16.9. The molecule has 0 radical (unpaired) electrons. The van der Waals surface area contributed by atoms with Crippen molar-refractivity contribution in [3.05, 3.63) is 140 Å². The number of hydrogen-bond donors (Lipinski definition) is 1. The zero-order valence-corrected chi connectivity index (χ0v) is 20.2.